The molecule has 1 fully saturated rings. The SMILES string of the molecule is CCN/C=C1\C(=N)C=CC=C1B1OC(C)(C)C(C)(C)O1. The lowest BCUT2D eigenvalue weighted by Gasteiger charge is -2.32. The molecule has 1 aliphatic carbocycles. The summed E-state index contributed by atoms with van der Waals surface area (Å²) in [4.78, 5) is 0. The summed E-state index contributed by atoms with van der Waals surface area (Å²) >= 11 is 0. The van der Waals surface area contributed by atoms with Gasteiger partial charge >= 0.3 is 7.12 Å². The van der Waals surface area contributed by atoms with Crippen molar-refractivity contribution in [3.63, 3.8) is 0 Å². The predicted octanol–water partition coefficient (Wildman–Crippen LogP) is 2.63. The molecule has 0 aromatic carbocycles. The fourth-order valence-electron chi connectivity index (χ4n) is 2.12. The Bertz CT molecular complexity index is 488. The third-order valence-electron chi connectivity index (χ3n) is 4.10. The maximum absolute atomic E-state index is 8.07. The minimum Gasteiger partial charge on any atom is -0.399 e. The zero-order valence-electron chi connectivity index (χ0n) is 12.9. The molecule has 5 heteroatoms. The number of rotatable bonds is 3. The topological polar surface area (TPSA) is 54.3 Å². The van der Waals surface area contributed by atoms with Crippen molar-refractivity contribution in [3.8, 4) is 0 Å². The van der Waals surface area contributed by atoms with Gasteiger partial charge in [-0.15, -0.1) is 0 Å². The van der Waals surface area contributed by atoms with Gasteiger partial charge in [0.25, 0.3) is 0 Å². The largest absolute Gasteiger partial charge is 0.495 e. The first kappa shape index (κ1) is 15.1. The zero-order valence-corrected chi connectivity index (χ0v) is 12.9. The summed E-state index contributed by atoms with van der Waals surface area (Å²) in [5, 5.41) is 11.2. The molecule has 0 bridgehead atoms. The molecule has 0 saturated carbocycles. The van der Waals surface area contributed by atoms with Gasteiger partial charge in [0.1, 0.15) is 0 Å². The first-order chi connectivity index (χ1) is 9.28. The van der Waals surface area contributed by atoms with Crippen molar-refractivity contribution in [3.05, 3.63) is 35.5 Å². The first-order valence-corrected chi connectivity index (χ1v) is 7.05. The lowest BCUT2D eigenvalue weighted by atomic mass is 9.71. The van der Waals surface area contributed by atoms with Gasteiger partial charge in [0, 0.05) is 18.3 Å². The molecule has 1 saturated heterocycles. The van der Waals surface area contributed by atoms with Crippen LogP contribution in [-0.2, 0) is 9.31 Å². The van der Waals surface area contributed by atoms with E-state index in [1.54, 1.807) is 6.08 Å². The molecule has 1 heterocycles. The standard InChI is InChI=1S/C15H23BN2O2/c1-6-18-10-11-12(8-7-9-13(11)17)16-19-14(2,3)15(4,5)20-16/h7-10,17-18H,6H2,1-5H3/b11-10-,17-13?. The van der Waals surface area contributed by atoms with Crippen LogP contribution in [0.15, 0.2) is 35.5 Å². The minimum atomic E-state index is -0.435. The van der Waals surface area contributed by atoms with E-state index < -0.39 is 7.12 Å². The van der Waals surface area contributed by atoms with Gasteiger partial charge < -0.3 is 20.0 Å². The summed E-state index contributed by atoms with van der Waals surface area (Å²) in [6.07, 6.45) is 7.47. The Kier molecular flexibility index (Phi) is 3.94. The van der Waals surface area contributed by atoms with E-state index in [0.29, 0.717) is 5.71 Å². The van der Waals surface area contributed by atoms with Crippen molar-refractivity contribution in [2.45, 2.75) is 45.8 Å². The molecule has 0 amide bonds. The third-order valence-corrected chi connectivity index (χ3v) is 4.10. The Hall–Kier alpha value is -1.33. The molecule has 0 atom stereocenters. The maximum Gasteiger partial charge on any atom is 0.495 e. The van der Waals surface area contributed by atoms with Crippen molar-refractivity contribution < 1.29 is 9.31 Å². The van der Waals surface area contributed by atoms with Crippen molar-refractivity contribution in [2.75, 3.05) is 6.54 Å². The number of hydrogen-bond donors (Lipinski definition) is 2. The van der Waals surface area contributed by atoms with Crippen molar-refractivity contribution in [2.24, 2.45) is 0 Å². The Balaban J connectivity index is 2.30. The van der Waals surface area contributed by atoms with Gasteiger partial charge in [-0.3, -0.25) is 0 Å². The van der Waals surface area contributed by atoms with Crippen molar-refractivity contribution in [1.29, 1.82) is 5.41 Å². The van der Waals surface area contributed by atoms with Crippen LogP contribution < -0.4 is 5.32 Å². The van der Waals surface area contributed by atoms with Gasteiger partial charge in [0.15, 0.2) is 0 Å². The lowest BCUT2D eigenvalue weighted by molar-refractivity contribution is 0.00578. The van der Waals surface area contributed by atoms with Gasteiger partial charge in [-0.25, -0.2) is 0 Å². The minimum absolute atomic E-state index is 0.370. The molecular weight excluding hydrogens is 251 g/mol. The maximum atomic E-state index is 8.07. The second-order valence-corrected chi connectivity index (χ2v) is 6.10. The van der Waals surface area contributed by atoms with E-state index in [2.05, 4.69) is 5.32 Å². The summed E-state index contributed by atoms with van der Waals surface area (Å²) in [6, 6.07) is 0. The van der Waals surface area contributed by atoms with E-state index in [1.165, 1.54) is 0 Å². The van der Waals surface area contributed by atoms with Crippen LogP contribution in [0.25, 0.3) is 0 Å². The molecule has 2 rings (SSSR count). The highest BCUT2D eigenvalue weighted by molar-refractivity contribution is 6.58. The normalized spacial score (nSPS) is 26.1. The Morgan fingerprint density at radius 1 is 1.25 bits per heavy atom. The van der Waals surface area contributed by atoms with Crippen LogP contribution in [0.4, 0.5) is 0 Å². The monoisotopic (exact) mass is 274 g/mol. The lowest BCUT2D eigenvalue weighted by Crippen LogP contribution is -2.41. The highest BCUT2D eigenvalue weighted by atomic mass is 16.7. The summed E-state index contributed by atoms with van der Waals surface area (Å²) in [6.45, 7) is 11.0. The Labute approximate surface area is 121 Å². The zero-order chi connectivity index (χ0) is 15.0. The van der Waals surface area contributed by atoms with Gasteiger partial charge in [-0.2, -0.15) is 0 Å². The molecule has 108 valence electrons. The second-order valence-electron chi connectivity index (χ2n) is 6.10. The summed E-state index contributed by atoms with van der Waals surface area (Å²) in [7, 11) is -0.435. The second kappa shape index (κ2) is 5.22. The fourth-order valence-corrected chi connectivity index (χ4v) is 2.12. The Morgan fingerprint density at radius 2 is 1.85 bits per heavy atom. The first-order valence-electron chi connectivity index (χ1n) is 7.05. The van der Waals surface area contributed by atoms with Crippen LogP contribution in [0, 0.1) is 5.41 Å². The van der Waals surface area contributed by atoms with Gasteiger partial charge in [0.05, 0.1) is 16.9 Å². The van der Waals surface area contributed by atoms with E-state index in [0.717, 1.165) is 17.6 Å². The predicted molar refractivity (Wildman–Crippen MR) is 82.8 cm³/mol. The smallest absolute Gasteiger partial charge is 0.399 e. The summed E-state index contributed by atoms with van der Waals surface area (Å²) in [5.74, 6) is 0. The molecule has 2 aliphatic rings. The highest BCUT2D eigenvalue weighted by Gasteiger charge is 2.53. The van der Waals surface area contributed by atoms with E-state index >= 15 is 0 Å². The third kappa shape index (κ3) is 2.60. The van der Waals surface area contributed by atoms with Crippen LogP contribution in [0.2, 0.25) is 0 Å². The quantitative estimate of drug-likeness (QED) is 0.778. The van der Waals surface area contributed by atoms with E-state index in [1.807, 2.05) is 53.0 Å². The van der Waals surface area contributed by atoms with E-state index in [4.69, 9.17) is 14.7 Å². The molecule has 0 aromatic heterocycles. The summed E-state index contributed by atoms with van der Waals surface area (Å²) in [5.41, 5.74) is 1.46. The van der Waals surface area contributed by atoms with Crippen molar-refractivity contribution in [1.82, 2.24) is 5.32 Å². The molecular formula is C15H23BN2O2. The van der Waals surface area contributed by atoms with Crippen LogP contribution in [0.3, 0.4) is 0 Å². The molecule has 0 unspecified atom stereocenters. The number of hydrogen-bond acceptors (Lipinski definition) is 4. The van der Waals surface area contributed by atoms with Gasteiger partial charge in [-0.05, 0) is 46.2 Å². The van der Waals surface area contributed by atoms with Gasteiger partial charge in [0.2, 0.25) is 0 Å². The van der Waals surface area contributed by atoms with E-state index in [9.17, 15) is 0 Å². The molecule has 0 aromatic rings. The van der Waals surface area contributed by atoms with E-state index in [-0.39, 0.29) is 11.2 Å². The van der Waals surface area contributed by atoms with Gasteiger partial charge in [-0.1, -0.05) is 12.2 Å². The average Bonchev–Trinajstić information content (AvgIpc) is 2.56. The fraction of sp³-hybridized carbons (Fsp3) is 0.533. The summed E-state index contributed by atoms with van der Waals surface area (Å²) < 4.78 is 12.1. The van der Waals surface area contributed by atoms with Crippen LogP contribution in [0.5, 0.6) is 0 Å². The molecule has 0 spiro atoms. The van der Waals surface area contributed by atoms with Crippen molar-refractivity contribution >= 4 is 12.8 Å². The molecule has 0 radical (unpaired) electrons. The number of allylic oxidation sites excluding steroid dienone is 5. The molecule has 20 heavy (non-hydrogen) atoms. The molecule has 1 aliphatic heterocycles. The molecule has 4 nitrogen and oxygen atoms in total. The molecule has 2 N–H and O–H groups in total. The van der Waals surface area contributed by atoms with Crippen LogP contribution in [0.1, 0.15) is 34.6 Å². The average molecular weight is 274 g/mol. The van der Waals surface area contributed by atoms with Crippen LogP contribution in [-0.4, -0.2) is 30.6 Å². The Morgan fingerprint density at radius 3 is 2.40 bits per heavy atom. The van der Waals surface area contributed by atoms with Crippen LogP contribution >= 0.6 is 0 Å². The number of nitrogens with one attached hydrogen (secondary N) is 2. The highest BCUT2D eigenvalue weighted by Crippen LogP contribution is 2.40.